The van der Waals surface area contributed by atoms with Crippen LogP contribution in [-0.2, 0) is 14.3 Å². The Morgan fingerprint density at radius 3 is 2.42 bits per heavy atom. The van der Waals surface area contributed by atoms with Crippen LogP contribution in [0.1, 0.15) is 29.8 Å². The Morgan fingerprint density at radius 1 is 0.903 bits per heavy atom. The van der Waals surface area contributed by atoms with Crippen molar-refractivity contribution in [2.45, 2.75) is 19.3 Å². The van der Waals surface area contributed by atoms with Gasteiger partial charge in [-0.1, -0.05) is 30.3 Å². The molecule has 0 unspecified atom stereocenters. The topological polar surface area (TPSA) is 113 Å². The van der Waals surface area contributed by atoms with Crippen LogP contribution in [0.4, 0.5) is 0 Å². The van der Waals surface area contributed by atoms with Gasteiger partial charge in [0.1, 0.15) is 5.76 Å². The summed E-state index contributed by atoms with van der Waals surface area (Å²) in [5, 5.41) is 2.81. The van der Waals surface area contributed by atoms with Crippen molar-refractivity contribution in [3.8, 4) is 11.3 Å². The second-order valence-electron chi connectivity index (χ2n) is 7.19. The van der Waals surface area contributed by atoms with Crippen LogP contribution in [0.15, 0.2) is 46.9 Å². The molecule has 1 fully saturated rings. The number of ether oxygens (including phenoxy) is 1. The van der Waals surface area contributed by atoms with Crippen LogP contribution < -0.4 is 16.2 Å². The largest absolute Gasteiger partial charge is 0.451 e. The predicted molar refractivity (Wildman–Crippen MR) is 114 cm³/mol. The number of hydrogen-bond acceptors (Lipinski definition) is 6. The molecule has 9 heteroatoms. The average molecular weight is 428 g/mol. The number of hydrogen-bond donors (Lipinski definition) is 3. The number of benzene rings is 1. The highest BCUT2D eigenvalue weighted by atomic mass is 16.5. The molecule has 9 nitrogen and oxygen atoms in total. The Kier molecular flexibility index (Phi) is 8.62. The van der Waals surface area contributed by atoms with Gasteiger partial charge in [-0.15, -0.1) is 0 Å². The molecule has 31 heavy (non-hydrogen) atoms. The number of morpholine rings is 1. The van der Waals surface area contributed by atoms with E-state index in [9.17, 15) is 14.4 Å². The predicted octanol–water partition coefficient (Wildman–Crippen LogP) is 1.33. The number of nitrogens with one attached hydrogen (secondary N) is 3. The Bertz CT molecular complexity index is 862. The first-order valence-electron chi connectivity index (χ1n) is 10.4. The molecule has 1 aliphatic rings. The van der Waals surface area contributed by atoms with E-state index in [0.29, 0.717) is 12.3 Å². The lowest BCUT2D eigenvalue weighted by molar-refractivity contribution is -0.126. The molecule has 2 heterocycles. The van der Waals surface area contributed by atoms with E-state index >= 15 is 0 Å². The average Bonchev–Trinajstić information content (AvgIpc) is 3.31. The third-order valence-electron chi connectivity index (χ3n) is 4.86. The fourth-order valence-electron chi connectivity index (χ4n) is 3.14. The standard InChI is InChI=1S/C22H28N4O5/c27-20(23-11-4-12-26-13-15-30-16-14-26)9-10-21(28)24-25-22(29)19-8-7-18(31-19)17-5-2-1-3-6-17/h1-3,5-8H,4,9-16H2,(H,23,27)(H,24,28)(H,25,29). The molecule has 0 radical (unpaired) electrons. The van der Waals surface area contributed by atoms with E-state index < -0.39 is 11.8 Å². The van der Waals surface area contributed by atoms with Crippen molar-refractivity contribution in [3.63, 3.8) is 0 Å². The molecule has 166 valence electrons. The number of nitrogens with zero attached hydrogens (tertiary/aromatic N) is 1. The summed E-state index contributed by atoms with van der Waals surface area (Å²) in [7, 11) is 0. The number of carbonyl (C=O) groups is 3. The number of rotatable bonds is 9. The Balaban J connectivity index is 1.28. The first-order chi connectivity index (χ1) is 15.1. The van der Waals surface area contributed by atoms with Crippen LogP contribution in [0.25, 0.3) is 11.3 Å². The quantitative estimate of drug-likeness (QED) is 0.410. The molecule has 1 aromatic carbocycles. The molecular formula is C22H28N4O5. The first-order valence-corrected chi connectivity index (χ1v) is 10.4. The van der Waals surface area contributed by atoms with Gasteiger partial charge >= 0.3 is 5.91 Å². The third kappa shape index (κ3) is 7.54. The lowest BCUT2D eigenvalue weighted by Crippen LogP contribution is -2.42. The molecule has 3 N–H and O–H groups in total. The smallest absolute Gasteiger partial charge is 0.305 e. The second-order valence-corrected chi connectivity index (χ2v) is 7.19. The summed E-state index contributed by atoms with van der Waals surface area (Å²) >= 11 is 0. The lowest BCUT2D eigenvalue weighted by atomic mass is 10.2. The summed E-state index contributed by atoms with van der Waals surface area (Å²) in [6.45, 7) is 4.83. The number of amides is 3. The summed E-state index contributed by atoms with van der Waals surface area (Å²) in [5.74, 6) is -0.573. The van der Waals surface area contributed by atoms with Gasteiger partial charge in [0.15, 0.2) is 5.76 Å². The molecule has 1 aromatic heterocycles. The van der Waals surface area contributed by atoms with Crippen molar-refractivity contribution in [1.29, 1.82) is 0 Å². The maximum atomic E-state index is 12.1. The van der Waals surface area contributed by atoms with Gasteiger partial charge in [-0.2, -0.15) is 0 Å². The fraction of sp³-hybridized carbons (Fsp3) is 0.409. The minimum absolute atomic E-state index is 0.0248. The Labute approximate surface area is 181 Å². The second kappa shape index (κ2) is 11.9. The summed E-state index contributed by atoms with van der Waals surface area (Å²) in [4.78, 5) is 38.2. The highest BCUT2D eigenvalue weighted by molar-refractivity contribution is 5.93. The minimum Gasteiger partial charge on any atom is -0.451 e. The summed E-state index contributed by atoms with van der Waals surface area (Å²) in [6.07, 6.45) is 0.878. The maximum absolute atomic E-state index is 12.1. The molecule has 0 spiro atoms. The van der Waals surface area contributed by atoms with Gasteiger partial charge in [0.25, 0.3) is 0 Å². The first kappa shape index (κ1) is 22.5. The summed E-state index contributed by atoms with van der Waals surface area (Å²) < 4.78 is 10.8. The molecule has 1 aliphatic heterocycles. The molecule has 3 amide bonds. The van der Waals surface area contributed by atoms with Crippen LogP contribution in [0, 0.1) is 0 Å². The normalized spacial score (nSPS) is 14.1. The van der Waals surface area contributed by atoms with Crippen LogP contribution in [0.5, 0.6) is 0 Å². The Morgan fingerprint density at radius 2 is 1.65 bits per heavy atom. The van der Waals surface area contributed by atoms with Gasteiger partial charge in [0, 0.05) is 38.0 Å². The van der Waals surface area contributed by atoms with E-state index in [4.69, 9.17) is 9.15 Å². The Hall–Kier alpha value is -3.17. The van der Waals surface area contributed by atoms with Gasteiger partial charge in [0.2, 0.25) is 11.8 Å². The number of hydrazine groups is 1. The zero-order chi connectivity index (χ0) is 21.9. The van der Waals surface area contributed by atoms with Crippen LogP contribution in [-0.4, -0.2) is 62.0 Å². The molecule has 0 saturated carbocycles. The van der Waals surface area contributed by atoms with Crippen molar-refractivity contribution >= 4 is 17.7 Å². The van der Waals surface area contributed by atoms with Gasteiger partial charge in [0.05, 0.1) is 13.2 Å². The minimum atomic E-state index is -0.567. The van der Waals surface area contributed by atoms with E-state index in [-0.39, 0.29) is 24.5 Å². The number of furan rings is 1. The monoisotopic (exact) mass is 428 g/mol. The van der Waals surface area contributed by atoms with E-state index in [0.717, 1.165) is 44.8 Å². The summed E-state index contributed by atoms with van der Waals surface area (Å²) in [5.41, 5.74) is 5.44. The molecule has 3 rings (SSSR count). The van der Waals surface area contributed by atoms with Gasteiger partial charge in [-0.3, -0.25) is 30.1 Å². The van der Waals surface area contributed by atoms with Crippen LogP contribution >= 0.6 is 0 Å². The molecule has 0 aliphatic carbocycles. The van der Waals surface area contributed by atoms with Crippen molar-refractivity contribution < 1.29 is 23.5 Å². The lowest BCUT2D eigenvalue weighted by Gasteiger charge is -2.26. The van der Waals surface area contributed by atoms with Crippen molar-refractivity contribution in [2.75, 3.05) is 39.4 Å². The van der Waals surface area contributed by atoms with Crippen molar-refractivity contribution in [3.05, 3.63) is 48.2 Å². The SMILES string of the molecule is O=C(CCC(=O)NNC(=O)c1ccc(-c2ccccc2)o1)NCCCN1CCOCC1. The van der Waals surface area contributed by atoms with Crippen LogP contribution in [0.2, 0.25) is 0 Å². The van der Waals surface area contributed by atoms with E-state index in [2.05, 4.69) is 21.1 Å². The molecule has 1 saturated heterocycles. The van der Waals surface area contributed by atoms with Crippen molar-refractivity contribution in [1.82, 2.24) is 21.1 Å². The molecular weight excluding hydrogens is 400 g/mol. The zero-order valence-corrected chi connectivity index (χ0v) is 17.4. The van der Waals surface area contributed by atoms with Gasteiger partial charge in [-0.25, -0.2) is 0 Å². The van der Waals surface area contributed by atoms with Crippen molar-refractivity contribution in [2.24, 2.45) is 0 Å². The maximum Gasteiger partial charge on any atom is 0.305 e. The molecule has 0 atom stereocenters. The zero-order valence-electron chi connectivity index (χ0n) is 17.4. The highest BCUT2D eigenvalue weighted by Gasteiger charge is 2.14. The third-order valence-corrected chi connectivity index (χ3v) is 4.86. The molecule has 2 aromatic rings. The molecule has 0 bridgehead atoms. The van der Waals surface area contributed by atoms with E-state index in [1.807, 2.05) is 30.3 Å². The summed E-state index contributed by atoms with van der Waals surface area (Å²) in [6, 6.07) is 12.6. The van der Waals surface area contributed by atoms with E-state index in [1.54, 1.807) is 6.07 Å². The van der Waals surface area contributed by atoms with Gasteiger partial charge in [-0.05, 0) is 25.1 Å². The van der Waals surface area contributed by atoms with Gasteiger partial charge < -0.3 is 14.5 Å². The van der Waals surface area contributed by atoms with E-state index in [1.165, 1.54) is 6.07 Å². The highest BCUT2D eigenvalue weighted by Crippen LogP contribution is 2.21. The number of carbonyl (C=O) groups excluding carboxylic acids is 3. The van der Waals surface area contributed by atoms with Crippen LogP contribution in [0.3, 0.4) is 0 Å². The fourth-order valence-corrected chi connectivity index (χ4v) is 3.14.